The number of nitrogens with one attached hydrogen (secondary N) is 1. The van der Waals surface area contributed by atoms with Crippen LogP contribution in [0.15, 0.2) is 11.5 Å². The van der Waals surface area contributed by atoms with Crippen molar-refractivity contribution in [2.45, 2.75) is 32.8 Å². The highest BCUT2D eigenvalue weighted by atomic mass is 32.1. The molecule has 1 rings (SSSR count). The molecule has 1 heterocycles. The average molecular weight is 298 g/mol. The van der Waals surface area contributed by atoms with E-state index < -0.39 is 17.7 Å². The average Bonchev–Trinajstić information content (AvgIpc) is 2.75. The van der Waals surface area contributed by atoms with Gasteiger partial charge in [0.05, 0.1) is 0 Å². The van der Waals surface area contributed by atoms with Crippen LogP contribution in [-0.2, 0) is 4.74 Å². The van der Waals surface area contributed by atoms with Crippen LogP contribution in [0.1, 0.15) is 42.7 Å². The predicted molar refractivity (Wildman–Crippen MR) is 77.0 cm³/mol. The van der Waals surface area contributed by atoms with Crippen molar-refractivity contribution in [2.75, 3.05) is 6.54 Å². The first-order chi connectivity index (χ1) is 9.28. The molecule has 0 bridgehead atoms. The van der Waals surface area contributed by atoms with E-state index in [-0.39, 0.29) is 5.69 Å². The third kappa shape index (κ3) is 6.33. The normalized spacial score (nSPS) is 11.6. The van der Waals surface area contributed by atoms with Crippen LogP contribution in [0.2, 0.25) is 0 Å². The van der Waals surface area contributed by atoms with Crippen LogP contribution in [0.5, 0.6) is 0 Å². The Morgan fingerprint density at radius 1 is 1.50 bits per heavy atom. The van der Waals surface area contributed by atoms with Gasteiger partial charge < -0.3 is 15.2 Å². The van der Waals surface area contributed by atoms with Crippen LogP contribution in [0.25, 0.3) is 6.08 Å². The van der Waals surface area contributed by atoms with Crippen LogP contribution in [0, 0.1) is 0 Å². The van der Waals surface area contributed by atoms with Gasteiger partial charge in [-0.05, 0) is 33.3 Å². The molecule has 1 amide bonds. The Morgan fingerprint density at radius 2 is 2.20 bits per heavy atom. The molecule has 0 aliphatic heterocycles. The fraction of sp³-hybridized carbons (Fsp3) is 0.462. The van der Waals surface area contributed by atoms with Crippen LogP contribution in [0.3, 0.4) is 0 Å². The van der Waals surface area contributed by atoms with Gasteiger partial charge in [0.25, 0.3) is 0 Å². The largest absolute Gasteiger partial charge is 0.476 e. The van der Waals surface area contributed by atoms with E-state index in [2.05, 4.69) is 10.3 Å². The lowest BCUT2D eigenvalue weighted by atomic mass is 10.2. The van der Waals surface area contributed by atoms with E-state index in [1.165, 1.54) is 16.7 Å². The van der Waals surface area contributed by atoms with Crippen molar-refractivity contribution in [3.8, 4) is 0 Å². The molecule has 7 heteroatoms. The highest BCUT2D eigenvalue weighted by molar-refractivity contribution is 7.10. The summed E-state index contributed by atoms with van der Waals surface area (Å²) in [4.78, 5) is 25.9. The standard InChI is InChI=1S/C13H18N2O4S/c1-13(2,3)19-12(18)14-7-5-4-6-10-15-9(8-20-10)11(16)17/h4,6,8H,5,7H2,1-3H3,(H,14,18)(H,16,17). The molecular weight excluding hydrogens is 280 g/mol. The molecule has 0 saturated heterocycles. The maximum absolute atomic E-state index is 11.3. The van der Waals surface area contributed by atoms with Gasteiger partial charge in [-0.25, -0.2) is 14.6 Å². The molecule has 6 nitrogen and oxygen atoms in total. The molecule has 1 aromatic heterocycles. The smallest absolute Gasteiger partial charge is 0.407 e. The lowest BCUT2D eigenvalue weighted by Gasteiger charge is -2.19. The van der Waals surface area contributed by atoms with Crippen molar-refractivity contribution in [3.05, 3.63) is 22.2 Å². The first kappa shape index (κ1) is 16.2. The van der Waals surface area contributed by atoms with Gasteiger partial charge in [-0.15, -0.1) is 11.3 Å². The Morgan fingerprint density at radius 3 is 2.75 bits per heavy atom. The topological polar surface area (TPSA) is 88.5 Å². The Bertz CT molecular complexity index is 503. The number of carbonyl (C=O) groups is 2. The van der Waals surface area contributed by atoms with E-state index in [9.17, 15) is 9.59 Å². The molecule has 0 aliphatic carbocycles. The number of amides is 1. The summed E-state index contributed by atoms with van der Waals surface area (Å²) in [6.45, 7) is 5.85. The molecular formula is C13H18N2O4S. The molecule has 0 aromatic carbocycles. The first-order valence-electron chi connectivity index (χ1n) is 6.10. The van der Waals surface area contributed by atoms with Crippen LogP contribution in [0.4, 0.5) is 4.79 Å². The molecule has 0 unspecified atom stereocenters. The Kier molecular flexibility index (Phi) is 5.69. The zero-order valence-electron chi connectivity index (χ0n) is 11.7. The number of ether oxygens (including phenoxy) is 1. The minimum Gasteiger partial charge on any atom is -0.476 e. The molecule has 1 aromatic rings. The second kappa shape index (κ2) is 7.04. The summed E-state index contributed by atoms with van der Waals surface area (Å²) < 4.78 is 5.08. The number of hydrogen-bond donors (Lipinski definition) is 2. The number of hydrogen-bond acceptors (Lipinski definition) is 5. The summed E-state index contributed by atoms with van der Waals surface area (Å²) in [5.41, 5.74) is -0.463. The number of rotatable bonds is 5. The number of carboxylic acid groups (broad SMARTS) is 1. The molecule has 2 N–H and O–H groups in total. The molecule has 0 radical (unpaired) electrons. The van der Waals surface area contributed by atoms with Crippen molar-refractivity contribution in [3.63, 3.8) is 0 Å². The third-order valence-electron chi connectivity index (χ3n) is 1.98. The third-order valence-corrected chi connectivity index (χ3v) is 2.79. The van der Waals surface area contributed by atoms with Gasteiger partial charge in [-0.3, -0.25) is 0 Å². The number of thiazole rings is 1. The highest BCUT2D eigenvalue weighted by Gasteiger charge is 2.15. The number of aromatic carboxylic acids is 1. The quantitative estimate of drug-likeness (QED) is 0.816. The van der Waals surface area contributed by atoms with Crippen LogP contribution >= 0.6 is 11.3 Å². The molecule has 110 valence electrons. The molecule has 0 saturated carbocycles. The zero-order chi connectivity index (χ0) is 15.2. The van der Waals surface area contributed by atoms with Gasteiger partial charge in [-0.2, -0.15) is 0 Å². The maximum Gasteiger partial charge on any atom is 0.407 e. The second-order valence-electron chi connectivity index (χ2n) is 5.00. The highest BCUT2D eigenvalue weighted by Crippen LogP contribution is 2.11. The molecule has 20 heavy (non-hydrogen) atoms. The summed E-state index contributed by atoms with van der Waals surface area (Å²) in [6.07, 6.45) is 3.71. The fourth-order valence-electron chi connectivity index (χ4n) is 1.22. The summed E-state index contributed by atoms with van der Waals surface area (Å²) in [5.74, 6) is -1.03. The van der Waals surface area contributed by atoms with E-state index in [1.54, 1.807) is 26.8 Å². The van der Waals surface area contributed by atoms with E-state index in [0.29, 0.717) is 18.0 Å². The van der Waals surface area contributed by atoms with Crippen molar-refractivity contribution in [2.24, 2.45) is 0 Å². The van der Waals surface area contributed by atoms with Crippen molar-refractivity contribution < 1.29 is 19.4 Å². The molecule has 0 spiro atoms. The van der Waals surface area contributed by atoms with Gasteiger partial charge in [0.2, 0.25) is 0 Å². The molecule has 0 aliphatic rings. The summed E-state index contributed by atoms with van der Waals surface area (Å²) in [7, 11) is 0. The Balaban J connectivity index is 2.28. The van der Waals surface area contributed by atoms with Gasteiger partial charge in [-0.1, -0.05) is 6.08 Å². The molecule has 0 atom stereocenters. The number of aromatic nitrogens is 1. The molecule has 0 fully saturated rings. The zero-order valence-corrected chi connectivity index (χ0v) is 12.5. The lowest BCUT2D eigenvalue weighted by Crippen LogP contribution is -2.32. The number of alkyl carbamates (subject to hydrolysis) is 1. The van der Waals surface area contributed by atoms with Crippen LogP contribution in [-0.4, -0.2) is 34.3 Å². The van der Waals surface area contributed by atoms with E-state index in [0.717, 1.165) is 0 Å². The van der Waals surface area contributed by atoms with E-state index >= 15 is 0 Å². The summed E-state index contributed by atoms with van der Waals surface area (Å²) >= 11 is 1.26. The number of carbonyl (C=O) groups excluding carboxylic acids is 1. The first-order valence-corrected chi connectivity index (χ1v) is 6.98. The van der Waals surface area contributed by atoms with E-state index in [4.69, 9.17) is 9.84 Å². The Hall–Kier alpha value is -1.89. The van der Waals surface area contributed by atoms with Gasteiger partial charge in [0.1, 0.15) is 10.6 Å². The monoisotopic (exact) mass is 298 g/mol. The minimum atomic E-state index is -1.03. The maximum atomic E-state index is 11.3. The SMILES string of the molecule is CC(C)(C)OC(=O)NCCC=Cc1nc(C(=O)O)cs1. The van der Waals surface area contributed by atoms with Gasteiger partial charge in [0, 0.05) is 11.9 Å². The van der Waals surface area contributed by atoms with Crippen LogP contribution < -0.4 is 5.32 Å². The number of carboxylic acids is 1. The second-order valence-corrected chi connectivity index (χ2v) is 5.89. The van der Waals surface area contributed by atoms with E-state index in [1.807, 2.05) is 6.08 Å². The lowest BCUT2D eigenvalue weighted by molar-refractivity contribution is 0.0528. The van der Waals surface area contributed by atoms with Crippen molar-refractivity contribution in [1.82, 2.24) is 10.3 Å². The Labute approximate surface area is 121 Å². The van der Waals surface area contributed by atoms with Gasteiger partial charge in [0.15, 0.2) is 5.69 Å². The summed E-state index contributed by atoms with van der Waals surface area (Å²) in [6, 6.07) is 0. The van der Waals surface area contributed by atoms with Crippen molar-refractivity contribution >= 4 is 29.5 Å². The fourth-order valence-corrected chi connectivity index (χ4v) is 1.93. The number of nitrogens with zero attached hydrogens (tertiary/aromatic N) is 1. The van der Waals surface area contributed by atoms with Gasteiger partial charge >= 0.3 is 12.1 Å². The summed E-state index contributed by atoms with van der Waals surface area (Å²) in [5, 5.41) is 13.5. The minimum absolute atomic E-state index is 0.0431. The predicted octanol–water partition coefficient (Wildman–Crippen LogP) is 2.77. The van der Waals surface area contributed by atoms with Crippen molar-refractivity contribution in [1.29, 1.82) is 0 Å².